The molecule has 0 atom stereocenters. The first kappa shape index (κ1) is 16.6. The number of halogens is 3. The van der Waals surface area contributed by atoms with Gasteiger partial charge < -0.3 is 9.47 Å². The molecule has 0 spiro atoms. The number of rotatable bonds is 4. The molecule has 6 nitrogen and oxygen atoms in total. The normalized spacial score (nSPS) is 11.2. The molecule has 25 heavy (non-hydrogen) atoms. The average Bonchev–Trinajstić information content (AvgIpc) is 2.62. The van der Waals surface area contributed by atoms with Crippen LogP contribution in [0.5, 0.6) is 17.6 Å². The van der Waals surface area contributed by atoms with Crippen LogP contribution in [-0.2, 0) is 6.18 Å². The minimum atomic E-state index is -4.41. The predicted octanol–water partition coefficient (Wildman–Crippen LogP) is 3.75. The van der Waals surface area contributed by atoms with Crippen molar-refractivity contribution in [1.29, 1.82) is 0 Å². The largest absolute Gasteiger partial charge is 0.467 e. The van der Waals surface area contributed by atoms with Crippen molar-refractivity contribution in [2.75, 3.05) is 7.11 Å². The van der Waals surface area contributed by atoms with Gasteiger partial charge >= 0.3 is 12.2 Å². The first-order chi connectivity index (χ1) is 12.0. The van der Waals surface area contributed by atoms with Crippen molar-refractivity contribution in [2.45, 2.75) is 6.18 Å². The van der Waals surface area contributed by atoms with Crippen molar-refractivity contribution in [3.8, 4) is 28.9 Å². The number of hydrogen-bond acceptors (Lipinski definition) is 6. The van der Waals surface area contributed by atoms with Crippen LogP contribution >= 0.6 is 0 Å². The van der Waals surface area contributed by atoms with Crippen LogP contribution in [0.1, 0.15) is 5.56 Å². The predicted molar refractivity (Wildman–Crippen MR) is 81.1 cm³/mol. The molecule has 0 saturated carbocycles. The molecule has 2 aromatic heterocycles. The van der Waals surface area contributed by atoms with Gasteiger partial charge in [-0.05, 0) is 24.3 Å². The number of aromatic nitrogens is 4. The Labute approximate surface area is 140 Å². The second kappa shape index (κ2) is 6.71. The summed E-state index contributed by atoms with van der Waals surface area (Å²) in [5.41, 5.74) is 0.114. The van der Waals surface area contributed by atoms with E-state index in [9.17, 15) is 13.2 Å². The zero-order valence-electron chi connectivity index (χ0n) is 12.9. The Hall–Kier alpha value is -3.23. The number of ether oxygens (including phenoxy) is 2. The minimum absolute atomic E-state index is 0.121. The van der Waals surface area contributed by atoms with Gasteiger partial charge in [0, 0.05) is 30.4 Å². The molecule has 3 rings (SSSR count). The van der Waals surface area contributed by atoms with Crippen molar-refractivity contribution in [2.24, 2.45) is 0 Å². The van der Waals surface area contributed by atoms with Gasteiger partial charge in [0.05, 0.1) is 12.7 Å². The van der Waals surface area contributed by atoms with Crippen LogP contribution < -0.4 is 9.47 Å². The summed E-state index contributed by atoms with van der Waals surface area (Å²) in [5.74, 6) is 0.320. The number of methoxy groups -OCH3 is 1. The van der Waals surface area contributed by atoms with Gasteiger partial charge in [-0.25, -0.2) is 19.9 Å². The Morgan fingerprint density at radius 1 is 0.880 bits per heavy atom. The SMILES string of the molecule is COc1ncc(-c2nccnc2Oc2ccc(C(F)(F)F)cc2)cn1. The maximum atomic E-state index is 12.6. The lowest BCUT2D eigenvalue weighted by Crippen LogP contribution is -2.04. The quantitative estimate of drug-likeness (QED) is 0.715. The van der Waals surface area contributed by atoms with Crippen molar-refractivity contribution in [3.63, 3.8) is 0 Å². The number of alkyl halides is 3. The van der Waals surface area contributed by atoms with E-state index in [1.165, 1.54) is 44.0 Å². The molecule has 0 N–H and O–H groups in total. The Bertz CT molecular complexity index is 853. The van der Waals surface area contributed by atoms with E-state index in [4.69, 9.17) is 9.47 Å². The fourth-order valence-electron chi connectivity index (χ4n) is 1.97. The molecule has 0 bridgehead atoms. The summed E-state index contributed by atoms with van der Waals surface area (Å²) in [4.78, 5) is 16.2. The minimum Gasteiger partial charge on any atom is -0.467 e. The number of hydrogen-bond donors (Lipinski definition) is 0. The summed E-state index contributed by atoms with van der Waals surface area (Å²) in [7, 11) is 1.44. The molecular formula is C16H11F3N4O2. The van der Waals surface area contributed by atoms with Crippen LogP contribution in [0.15, 0.2) is 49.1 Å². The molecule has 9 heteroatoms. The topological polar surface area (TPSA) is 70.0 Å². The van der Waals surface area contributed by atoms with E-state index >= 15 is 0 Å². The molecule has 1 aromatic carbocycles. The van der Waals surface area contributed by atoms with Crippen molar-refractivity contribution >= 4 is 0 Å². The van der Waals surface area contributed by atoms with Crippen LogP contribution in [0.4, 0.5) is 13.2 Å². The Morgan fingerprint density at radius 3 is 2.12 bits per heavy atom. The molecule has 3 aromatic rings. The highest BCUT2D eigenvalue weighted by molar-refractivity contribution is 5.62. The standard InChI is InChI=1S/C16H11F3N4O2/c1-24-15-22-8-10(9-23-15)13-14(21-7-6-20-13)25-12-4-2-11(3-5-12)16(17,18)19/h2-9H,1H3. The highest BCUT2D eigenvalue weighted by Gasteiger charge is 2.30. The third-order valence-corrected chi connectivity index (χ3v) is 3.14. The van der Waals surface area contributed by atoms with E-state index in [-0.39, 0.29) is 17.6 Å². The lowest BCUT2D eigenvalue weighted by Gasteiger charge is -2.10. The van der Waals surface area contributed by atoms with Gasteiger partial charge in [-0.1, -0.05) is 0 Å². The van der Waals surface area contributed by atoms with Gasteiger partial charge in [-0.2, -0.15) is 13.2 Å². The molecule has 0 fully saturated rings. The Balaban J connectivity index is 1.88. The zero-order chi connectivity index (χ0) is 17.9. The van der Waals surface area contributed by atoms with Crippen LogP contribution in [0.25, 0.3) is 11.3 Å². The third kappa shape index (κ3) is 3.82. The molecular weight excluding hydrogens is 337 g/mol. The van der Waals surface area contributed by atoms with E-state index in [1.807, 2.05) is 0 Å². The lowest BCUT2D eigenvalue weighted by atomic mass is 10.2. The summed E-state index contributed by atoms with van der Waals surface area (Å²) in [5, 5.41) is 0. The molecule has 0 radical (unpaired) electrons. The number of benzene rings is 1. The Kier molecular flexibility index (Phi) is 4.46. The van der Waals surface area contributed by atoms with Gasteiger partial charge in [0.25, 0.3) is 0 Å². The van der Waals surface area contributed by atoms with E-state index in [2.05, 4.69) is 19.9 Å². The Morgan fingerprint density at radius 2 is 1.52 bits per heavy atom. The van der Waals surface area contributed by atoms with Crippen LogP contribution in [0.2, 0.25) is 0 Å². The third-order valence-electron chi connectivity index (χ3n) is 3.14. The van der Waals surface area contributed by atoms with Gasteiger partial charge in [0.15, 0.2) is 0 Å². The maximum absolute atomic E-state index is 12.6. The summed E-state index contributed by atoms with van der Waals surface area (Å²) < 4.78 is 48.3. The van der Waals surface area contributed by atoms with Gasteiger partial charge in [0.2, 0.25) is 5.88 Å². The second-order valence-electron chi connectivity index (χ2n) is 4.79. The summed E-state index contributed by atoms with van der Waals surface area (Å²) >= 11 is 0. The fraction of sp³-hybridized carbons (Fsp3) is 0.125. The van der Waals surface area contributed by atoms with Crippen LogP contribution in [-0.4, -0.2) is 27.0 Å². The molecule has 0 unspecified atom stereocenters. The highest BCUT2D eigenvalue weighted by Crippen LogP contribution is 2.33. The van der Waals surface area contributed by atoms with Crippen molar-refractivity contribution < 1.29 is 22.6 Å². The summed E-state index contributed by atoms with van der Waals surface area (Å²) in [6.45, 7) is 0. The van der Waals surface area contributed by atoms with Crippen molar-refractivity contribution in [3.05, 3.63) is 54.6 Å². The molecule has 0 aliphatic rings. The smallest absolute Gasteiger partial charge is 0.416 e. The maximum Gasteiger partial charge on any atom is 0.416 e. The molecule has 0 aliphatic carbocycles. The van der Waals surface area contributed by atoms with Gasteiger partial charge in [-0.3, -0.25) is 0 Å². The van der Waals surface area contributed by atoms with E-state index in [0.29, 0.717) is 11.3 Å². The molecule has 0 aliphatic heterocycles. The number of nitrogens with zero attached hydrogens (tertiary/aromatic N) is 4. The van der Waals surface area contributed by atoms with Crippen LogP contribution in [0, 0.1) is 0 Å². The summed E-state index contributed by atoms with van der Waals surface area (Å²) in [6, 6.07) is 4.49. The van der Waals surface area contributed by atoms with E-state index in [0.717, 1.165) is 12.1 Å². The monoisotopic (exact) mass is 348 g/mol. The van der Waals surface area contributed by atoms with E-state index in [1.54, 1.807) is 0 Å². The van der Waals surface area contributed by atoms with E-state index < -0.39 is 11.7 Å². The van der Waals surface area contributed by atoms with Gasteiger partial charge in [0.1, 0.15) is 11.4 Å². The molecule has 0 saturated heterocycles. The first-order valence-corrected chi connectivity index (χ1v) is 7.00. The molecule has 2 heterocycles. The van der Waals surface area contributed by atoms with Crippen LogP contribution in [0.3, 0.4) is 0 Å². The fourth-order valence-corrected chi connectivity index (χ4v) is 1.97. The molecule has 128 valence electrons. The first-order valence-electron chi connectivity index (χ1n) is 7.00. The highest BCUT2D eigenvalue weighted by atomic mass is 19.4. The average molecular weight is 348 g/mol. The molecule has 0 amide bonds. The van der Waals surface area contributed by atoms with Gasteiger partial charge in [-0.15, -0.1) is 0 Å². The zero-order valence-corrected chi connectivity index (χ0v) is 12.9. The second-order valence-corrected chi connectivity index (χ2v) is 4.79. The summed E-state index contributed by atoms with van der Waals surface area (Å²) in [6.07, 6.45) is 1.42. The van der Waals surface area contributed by atoms with Crippen molar-refractivity contribution in [1.82, 2.24) is 19.9 Å². The lowest BCUT2D eigenvalue weighted by molar-refractivity contribution is -0.137.